The number of rotatable bonds is 5. The van der Waals surface area contributed by atoms with Crippen LogP contribution in [0.5, 0.6) is 6.01 Å². The molecule has 224 valence electrons. The number of nitrogens with one attached hydrogen (secondary N) is 2. The third-order valence-electron chi connectivity index (χ3n) is 9.66. The third-order valence-corrected chi connectivity index (χ3v) is 10.2. The molecule has 7 heterocycles. The van der Waals surface area contributed by atoms with Gasteiger partial charge in [-0.3, -0.25) is 15.0 Å². The molecule has 0 amide bonds. The van der Waals surface area contributed by atoms with E-state index < -0.39 is 17.4 Å². The highest BCUT2D eigenvalue weighted by Gasteiger charge is 2.48. The van der Waals surface area contributed by atoms with E-state index in [9.17, 15) is 8.78 Å². The number of benzene rings is 1. The van der Waals surface area contributed by atoms with Crippen LogP contribution in [0.1, 0.15) is 37.7 Å². The molecule has 4 aromatic rings. The molecule has 0 aliphatic carbocycles. The first-order chi connectivity index (χ1) is 20.8. The van der Waals surface area contributed by atoms with E-state index in [1.165, 1.54) is 0 Å². The van der Waals surface area contributed by atoms with Gasteiger partial charge in [0.1, 0.15) is 23.6 Å². The number of ether oxygens (including phenoxy) is 1. The molecule has 4 fully saturated rings. The van der Waals surface area contributed by atoms with Gasteiger partial charge in [0.2, 0.25) is 0 Å². The van der Waals surface area contributed by atoms with E-state index in [4.69, 9.17) is 21.3 Å². The Labute approximate surface area is 250 Å². The fourth-order valence-electron chi connectivity index (χ4n) is 7.57. The van der Waals surface area contributed by atoms with E-state index in [2.05, 4.69) is 35.3 Å². The summed E-state index contributed by atoms with van der Waals surface area (Å²) in [4.78, 5) is 18.2. The molecule has 3 aromatic heterocycles. The van der Waals surface area contributed by atoms with Gasteiger partial charge in [0.25, 0.3) is 6.08 Å². The summed E-state index contributed by atoms with van der Waals surface area (Å²) in [6.45, 7) is 4.39. The Hall–Kier alpha value is -3.48. The van der Waals surface area contributed by atoms with Crippen molar-refractivity contribution in [2.45, 2.75) is 56.7 Å². The summed E-state index contributed by atoms with van der Waals surface area (Å²) < 4.78 is 50.0. The highest BCUT2D eigenvalue weighted by atomic mass is 35.5. The monoisotopic (exact) mass is 610 g/mol. The number of pyridine rings is 1. The van der Waals surface area contributed by atoms with Crippen LogP contribution in [-0.2, 0) is 0 Å². The number of halogens is 4. The van der Waals surface area contributed by atoms with Crippen molar-refractivity contribution in [2.24, 2.45) is 0 Å². The zero-order chi connectivity index (χ0) is 29.5. The van der Waals surface area contributed by atoms with Gasteiger partial charge >= 0.3 is 6.01 Å². The Bertz CT molecular complexity index is 1800. The van der Waals surface area contributed by atoms with E-state index in [-0.39, 0.29) is 42.4 Å². The number of piperazine rings is 1. The second-order valence-electron chi connectivity index (χ2n) is 12.3. The number of nitrogens with zero attached hydrogens (tertiary/aromatic N) is 6. The summed E-state index contributed by atoms with van der Waals surface area (Å²) in [7, 11) is 0. The number of fused-ring (bicyclic) bond motifs is 5. The number of aromatic amines is 1. The Kier molecular flexibility index (Phi) is 6.32. The van der Waals surface area contributed by atoms with Gasteiger partial charge in [-0.15, -0.1) is 0 Å². The zero-order valence-electron chi connectivity index (χ0n) is 23.6. The largest absolute Gasteiger partial charge is 0.461 e. The normalized spacial score (nSPS) is 25.3. The highest BCUT2D eigenvalue weighted by molar-refractivity contribution is 6.35. The summed E-state index contributed by atoms with van der Waals surface area (Å²) in [6.07, 6.45) is 5.61. The lowest BCUT2D eigenvalue weighted by Crippen LogP contribution is -2.51. The van der Waals surface area contributed by atoms with E-state index in [1.807, 2.05) is 13.0 Å². The fraction of sp³-hybridized carbons (Fsp3) is 0.467. The van der Waals surface area contributed by atoms with Crippen LogP contribution in [-0.4, -0.2) is 80.5 Å². The molecule has 4 aliphatic rings. The van der Waals surface area contributed by atoms with Crippen molar-refractivity contribution in [2.75, 3.05) is 37.7 Å². The predicted octanol–water partition coefficient (Wildman–Crippen LogP) is 5.38. The maximum atomic E-state index is 16.7. The van der Waals surface area contributed by atoms with Crippen LogP contribution in [0, 0.1) is 12.7 Å². The molecule has 2 bridgehead atoms. The topological polar surface area (TPSA) is 95.1 Å². The number of aryl methyl sites for hydroxylation is 1. The maximum Gasteiger partial charge on any atom is 0.319 e. The van der Waals surface area contributed by atoms with E-state index in [1.54, 1.807) is 12.4 Å². The molecule has 1 unspecified atom stereocenters. The molecule has 1 aromatic carbocycles. The number of H-pyrrole nitrogens is 1. The Morgan fingerprint density at radius 3 is 2.77 bits per heavy atom. The van der Waals surface area contributed by atoms with Crippen LogP contribution < -0.4 is 15.0 Å². The SMILES string of the molecule is Cc1cc2[nH]ncc2c(-c2ncc3c(N4C[C@H]5CC[C@@H](C4)N5)nc(OCC45CCCN4CC(=C(F)F)C5)nc3c2F)c1Cl. The number of hydrogen-bond acceptors (Lipinski definition) is 8. The van der Waals surface area contributed by atoms with Crippen LogP contribution in [0.4, 0.5) is 19.0 Å². The van der Waals surface area contributed by atoms with Gasteiger partial charge in [-0.25, -0.2) is 4.39 Å². The molecule has 4 saturated heterocycles. The Balaban J connectivity index is 1.24. The molecule has 4 aliphatic heterocycles. The lowest BCUT2D eigenvalue weighted by molar-refractivity contribution is 0.108. The number of hydrogen-bond donors (Lipinski definition) is 2. The van der Waals surface area contributed by atoms with Gasteiger partial charge in [0.05, 0.1) is 27.7 Å². The van der Waals surface area contributed by atoms with Gasteiger partial charge in [0, 0.05) is 54.4 Å². The van der Waals surface area contributed by atoms with Crippen LogP contribution in [0.2, 0.25) is 5.02 Å². The van der Waals surface area contributed by atoms with Crippen molar-refractivity contribution in [1.82, 2.24) is 35.4 Å². The molecule has 0 spiro atoms. The predicted molar refractivity (Wildman–Crippen MR) is 157 cm³/mol. The molecule has 9 nitrogen and oxygen atoms in total. The first kappa shape index (κ1) is 27.1. The fourth-order valence-corrected chi connectivity index (χ4v) is 7.81. The van der Waals surface area contributed by atoms with Crippen molar-refractivity contribution in [3.05, 3.63) is 46.5 Å². The minimum atomic E-state index is -1.62. The van der Waals surface area contributed by atoms with Crippen LogP contribution >= 0.6 is 11.6 Å². The lowest BCUT2D eigenvalue weighted by atomic mass is 9.94. The smallest absolute Gasteiger partial charge is 0.319 e. The van der Waals surface area contributed by atoms with Gasteiger partial charge < -0.3 is 15.0 Å². The Morgan fingerprint density at radius 1 is 1.16 bits per heavy atom. The molecule has 2 N–H and O–H groups in total. The minimum absolute atomic E-state index is 0.0209. The van der Waals surface area contributed by atoms with Crippen LogP contribution in [0.25, 0.3) is 33.1 Å². The molecule has 0 saturated carbocycles. The zero-order valence-corrected chi connectivity index (χ0v) is 24.3. The standard InChI is InChI=1S/C30H30ClF3N8O/c1-15-7-21-19(10-36-40-21)22(23(15)31)26-24(32)25-20(9-35-26)28(41-12-17-3-4-18(13-41)37-17)39-29(38-25)43-14-30-5-2-6-42(30)11-16(8-30)27(33)34/h7,9-10,17-18,37H,2-6,8,11-14H2,1H3,(H,36,40)/t17-,18+,30?. The van der Waals surface area contributed by atoms with Crippen molar-refractivity contribution >= 4 is 39.2 Å². The average Bonchev–Trinajstić information content (AvgIpc) is 3.76. The van der Waals surface area contributed by atoms with Crippen LogP contribution in [0.15, 0.2) is 30.1 Å². The van der Waals surface area contributed by atoms with Gasteiger partial charge in [-0.2, -0.15) is 23.8 Å². The average molecular weight is 611 g/mol. The van der Waals surface area contributed by atoms with Crippen molar-refractivity contribution in [3.8, 4) is 17.3 Å². The van der Waals surface area contributed by atoms with E-state index >= 15 is 4.39 Å². The summed E-state index contributed by atoms with van der Waals surface area (Å²) in [5, 5.41) is 12.2. The van der Waals surface area contributed by atoms with Crippen molar-refractivity contribution in [3.63, 3.8) is 0 Å². The third kappa shape index (κ3) is 4.36. The molecule has 43 heavy (non-hydrogen) atoms. The molecule has 13 heteroatoms. The first-order valence-electron chi connectivity index (χ1n) is 14.7. The summed E-state index contributed by atoms with van der Waals surface area (Å²) in [5.74, 6) is -0.0758. The van der Waals surface area contributed by atoms with Gasteiger partial charge in [-0.05, 0) is 57.2 Å². The summed E-state index contributed by atoms with van der Waals surface area (Å²) in [5.41, 5.74) is 1.66. The molecular weight excluding hydrogens is 581 g/mol. The number of anilines is 1. The molecular formula is C30H30ClF3N8O. The molecule has 3 atom stereocenters. The molecule has 8 rings (SSSR count). The second kappa shape index (κ2) is 10.0. The van der Waals surface area contributed by atoms with E-state index in [0.29, 0.717) is 52.3 Å². The quantitative estimate of drug-likeness (QED) is 0.311. The highest BCUT2D eigenvalue weighted by Crippen LogP contribution is 2.44. The molecule has 0 radical (unpaired) electrons. The van der Waals surface area contributed by atoms with Crippen molar-refractivity contribution in [1.29, 1.82) is 0 Å². The summed E-state index contributed by atoms with van der Waals surface area (Å²) in [6, 6.07) is 2.52. The number of aromatic nitrogens is 5. The van der Waals surface area contributed by atoms with Crippen molar-refractivity contribution < 1.29 is 17.9 Å². The maximum absolute atomic E-state index is 16.7. The summed E-state index contributed by atoms with van der Waals surface area (Å²) >= 11 is 6.73. The lowest BCUT2D eigenvalue weighted by Gasteiger charge is -2.34. The Morgan fingerprint density at radius 2 is 1.98 bits per heavy atom. The van der Waals surface area contributed by atoms with E-state index in [0.717, 1.165) is 43.3 Å². The van der Waals surface area contributed by atoms with Gasteiger partial charge in [0.15, 0.2) is 5.82 Å². The first-order valence-corrected chi connectivity index (χ1v) is 15.1. The van der Waals surface area contributed by atoms with Crippen LogP contribution in [0.3, 0.4) is 0 Å². The minimum Gasteiger partial charge on any atom is -0.461 e. The van der Waals surface area contributed by atoms with Gasteiger partial charge in [-0.1, -0.05) is 11.6 Å². The second-order valence-corrected chi connectivity index (χ2v) is 12.7.